The zero-order valence-electron chi connectivity index (χ0n) is 17.2. The van der Waals surface area contributed by atoms with Gasteiger partial charge >= 0.3 is 292 Å². The van der Waals surface area contributed by atoms with Crippen LogP contribution in [-0.4, -0.2) is 43.2 Å². The third-order valence-electron chi connectivity index (χ3n) is 0. The normalized spacial score (nSPS) is 0.462. The van der Waals surface area contributed by atoms with Crippen molar-refractivity contribution in [2.45, 2.75) is 0 Å². The Morgan fingerprint density at radius 2 is 0.769 bits per heavy atom. The third-order valence-corrected chi connectivity index (χ3v) is 0. The average molecular weight is 414 g/mol. The van der Waals surface area contributed by atoms with Crippen LogP contribution in [0.3, 0.4) is 0 Å². The summed E-state index contributed by atoms with van der Waals surface area (Å²) in [5.41, 5.74) is 0. The van der Waals surface area contributed by atoms with Gasteiger partial charge in [0.25, 0.3) is 0 Å². The monoisotopic (exact) mass is 412 g/mol. The van der Waals surface area contributed by atoms with E-state index in [4.69, 9.17) is 4.66 Å². The second-order valence-corrected chi connectivity index (χ2v) is 0. The molecule has 0 spiro atoms. The van der Waals surface area contributed by atoms with Crippen molar-refractivity contribution in [3.63, 3.8) is 0 Å². The molecule has 0 aliphatic rings. The van der Waals surface area contributed by atoms with Crippen LogP contribution < -0.4 is 259 Å². The summed E-state index contributed by atoms with van der Waals surface area (Å²) in [5.74, 6) is 0. The second-order valence-electron chi connectivity index (χ2n) is 0. The van der Waals surface area contributed by atoms with Crippen LogP contribution >= 0.6 is 37.2 Å². The van der Waals surface area contributed by atoms with E-state index in [1.54, 1.807) is 0 Å². The Morgan fingerprint density at radius 1 is 0.769 bits per heavy atom. The predicted octanol–water partition coefficient (Wildman–Crippen LogP) is -18.5. The zero-order chi connectivity index (χ0) is 2.00. The Morgan fingerprint density at radius 3 is 0.769 bits per heavy atom. The molecule has 0 heterocycles. The fourth-order valence-electron chi connectivity index (χ4n) is 0. The molecule has 0 aliphatic heterocycles. The van der Waals surface area contributed by atoms with Crippen LogP contribution in [0.2, 0.25) is 0 Å². The van der Waals surface area contributed by atoms with Crippen LogP contribution in [-0.2, 0) is 0 Å². The molecule has 0 rings (SSSR count). The van der Waals surface area contributed by atoms with Gasteiger partial charge in [-0.2, -0.15) is 0 Å². The van der Waals surface area contributed by atoms with E-state index in [1.165, 1.54) is 0 Å². The summed E-state index contributed by atoms with van der Waals surface area (Å²) in [7, 11) is 0. The molecule has 13 heavy (non-hydrogen) atoms. The Labute approximate surface area is 350 Å². The maximum atomic E-state index is 7.83. The Balaban J connectivity index is -0.0000000000292. The third kappa shape index (κ3) is 85.8. The fraction of sp³-hybridized carbons (Fsp3) is 0. The molecular weight excluding hydrogens is 400 g/mol. The molecule has 0 fully saturated rings. The molecule has 62 valence electrons. The van der Waals surface area contributed by atoms with E-state index >= 15 is 0 Å². The van der Waals surface area contributed by atoms with Gasteiger partial charge in [0.2, 0.25) is 0 Å². The van der Waals surface area contributed by atoms with Crippen molar-refractivity contribution < 1.29 is 287 Å². The summed E-state index contributed by atoms with van der Waals surface area (Å²) in [6.45, 7) is 0. The summed E-state index contributed by atoms with van der Waals surface area (Å²) in [4.78, 5) is 0. The second kappa shape index (κ2) is 94.4. The minimum absolute atomic E-state index is 0. The Bertz CT molecular complexity index is 50.2. The van der Waals surface area contributed by atoms with Crippen molar-refractivity contribution in [3.05, 3.63) is 0 Å². The van der Waals surface area contributed by atoms with E-state index in [9.17, 15) is 0 Å². The van der Waals surface area contributed by atoms with Gasteiger partial charge in [-0.25, -0.2) is 0 Å². The molecule has 0 aromatic rings. The molecular formula is H14CaCl4K4LiNaO2. The van der Waals surface area contributed by atoms with Gasteiger partial charge in [-0.05, 0) is 0 Å². The van der Waals surface area contributed by atoms with Crippen LogP contribution in [0.15, 0.2) is 0 Å². The maximum absolute atomic E-state index is 7.83. The van der Waals surface area contributed by atoms with Crippen LogP contribution in [0, 0.1) is 11.9 Å². The topological polar surface area (TPSA) is 54.6 Å². The molecule has 2 nitrogen and oxygen atoms in total. The fourth-order valence-corrected chi connectivity index (χ4v) is 0. The standard InChI is InChI=1S/Ca.ClHO.3ClH.4K.Li.Na.H2O.8H/c;1-2;;;;;;;;;;;;;;;;;;/h;1H;3*1H;;;;;;;1H2;;;;;;;;/q+2;;;;;6*+1;;8*-1. The van der Waals surface area contributed by atoms with Gasteiger partial charge < -0.3 is 21.5 Å². The van der Waals surface area contributed by atoms with Crippen LogP contribution in [0.1, 0.15) is 11.4 Å². The molecule has 0 bridgehead atoms. The molecule has 13 heteroatoms. The molecule has 0 atom stereocenters. The van der Waals surface area contributed by atoms with Crippen molar-refractivity contribution in [2.75, 3.05) is 0 Å². The molecule has 2 N–H and O–H groups in total. The average Bonchev–Trinajstić information content (AvgIpc) is 1.00. The SMILES string of the molecule is Cl.Cl.Cl.O.[Ca+2].[H-].[H-].[H-].[H-].[H-].[H-].[H-].[H-].[K+].[K+].[K+].[K+].[Li+].[Na+].[O-][ClH+]. The number of rotatable bonds is 0. The van der Waals surface area contributed by atoms with Gasteiger partial charge in [-0.3, -0.25) is 0 Å². The molecule has 0 aliphatic carbocycles. The van der Waals surface area contributed by atoms with Crippen LogP contribution in [0.25, 0.3) is 0 Å². The maximum Gasteiger partial charge on any atom is 2.00 e. The summed E-state index contributed by atoms with van der Waals surface area (Å²) in [6.07, 6.45) is 0. The van der Waals surface area contributed by atoms with E-state index in [0.29, 0.717) is 0 Å². The Hall–Kier alpha value is 10.5. The summed E-state index contributed by atoms with van der Waals surface area (Å²) in [6, 6.07) is 0. The molecule has 0 amide bonds. The first kappa shape index (κ1) is 90.0. The summed E-state index contributed by atoms with van der Waals surface area (Å²) in [5, 5.41) is 0. The van der Waals surface area contributed by atoms with Gasteiger partial charge in [0.05, 0.1) is 11.9 Å². The van der Waals surface area contributed by atoms with Crippen molar-refractivity contribution in [2.24, 2.45) is 0 Å². The van der Waals surface area contributed by atoms with Gasteiger partial charge in [0.1, 0.15) is 0 Å². The molecule has 0 aromatic carbocycles. The van der Waals surface area contributed by atoms with Crippen molar-refractivity contribution in [1.82, 2.24) is 0 Å². The van der Waals surface area contributed by atoms with E-state index in [1.807, 2.05) is 0 Å². The molecule has 0 saturated heterocycles. The van der Waals surface area contributed by atoms with Crippen LogP contribution in [0.4, 0.5) is 0 Å². The van der Waals surface area contributed by atoms with Gasteiger partial charge in [0, 0.05) is 0 Å². The van der Waals surface area contributed by atoms with E-state index in [0.717, 1.165) is 0 Å². The zero-order valence-corrected chi connectivity index (χ0v) is 29.2. The minimum atomic E-state index is 0. The van der Waals surface area contributed by atoms with Gasteiger partial charge in [0.15, 0.2) is 0 Å². The first-order valence-electron chi connectivity index (χ1n) is 0.167. The van der Waals surface area contributed by atoms with Gasteiger partial charge in [-0.15, -0.1) is 37.2 Å². The molecule has 0 radical (unpaired) electrons. The first-order valence-corrected chi connectivity index (χ1v) is 0.500. The Kier molecular flexibility index (Phi) is 654. The molecule has 0 aromatic heterocycles. The smallest absolute Gasteiger partial charge is 1.00 e. The minimum Gasteiger partial charge on any atom is -1.00 e. The van der Waals surface area contributed by atoms with Crippen molar-refractivity contribution in [1.29, 1.82) is 0 Å². The first-order chi connectivity index (χ1) is 1.00. The van der Waals surface area contributed by atoms with Crippen LogP contribution in [0.5, 0.6) is 0 Å². The number of hydrogen-bond acceptors (Lipinski definition) is 1. The van der Waals surface area contributed by atoms with Crippen molar-refractivity contribution in [3.8, 4) is 0 Å². The van der Waals surface area contributed by atoms with Gasteiger partial charge in [-0.1, -0.05) is 0 Å². The summed E-state index contributed by atoms with van der Waals surface area (Å²) < 4.78 is 7.83. The van der Waals surface area contributed by atoms with E-state index in [-0.39, 0.29) is 346 Å². The van der Waals surface area contributed by atoms with E-state index in [2.05, 4.69) is 11.9 Å². The molecule has 0 unspecified atom stereocenters. The number of hydrogen-bond donors (Lipinski definition) is 0. The van der Waals surface area contributed by atoms with Crippen molar-refractivity contribution >= 4 is 75.0 Å². The predicted molar refractivity (Wildman–Crippen MR) is 41.4 cm³/mol. The van der Waals surface area contributed by atoms with E-state index < -0.39 is 0 Å². The molecule has 0 saturated carbocycles. The summed E-state index contributed by atoms with van der Waals surface area (Å²) >= 11 is 2.83. The largest absolute Gasteiger partial charge is 2.00 e. The number of halogens is 4. The quantitative estimate of drug-likeness (QED) is 0.364.